The van der Waals surface area contributed by atoms with Gasteiger partial charge in [-0.15, -0.1) is 0 Å². The van der Waals surface area contributed by atoms with Crippen LogP contribution in [0.3, 0.4) is 0 Å². The van der Waals surface area contributed by atoms with E-state index in [-0.39, 0.29) is 5.82 Å². The summed E-state index contributed by atoms with van der Waals surface area (Å²) in [4.78, 5) is 0. The van der Waals surface area contributed by atoms with Crippen LogP contribution in [0.2, 0.25) is 0 Å². The van der Waals surface area contributed by atoms with Crippen molar-refractivity contribution in [3.63, 3.8) is 0 Å². The molecule has 2 N–H and O–H groups in total. The van der Waals surface area contributed by atoms with E-state index in [1.807, 2.05) is 7.05 Å². The Bertz CT molecular complexity index is 233. The molecule has 0 amide bonds. The minimum atomic E-state index is -0.194. The summed E-state index contributed by atoms with van der Waals surface area (Å²) in [6, 6.07) is 6.41. The van der Waals surface area contributed by atoms with Crippen molar-refractivity contribution >= 4 is 5.69 Å². The zero-order chi connectivity index (χ0) is 9.52. The van der Waals surface area contributed by atoms with Crippen molar-refractivity contribution in [3.05, 3.63) is 30.1 Å². The van der Waals surface area contributed by atoms with Crippen molar-refractivity contribution in [1.82, 2.24) is 5.32 Å². The van der Waals surface area contributed by atoms with Crippen LogP contribution in [-0.4, -0.2) is 20.1 Å². The fourth-order valence-electron chi connectivity index (χ4n) is 1.07. The highest BCUT2D eigenvalue weighted by Crippen LogP contribution is 2.07. The van der Waals surface area contributed by atoms with Crippen molar-refractivity contribution in [1.29, 1.82) is 0 Å². The number of anilines is 1. The van der Waals surface area contributed by atoms with E-state index >= 15 is 0 Å². The molecule has 0 fully saturated rings. The summed E-state index contributed by atoms with van der Waals surface area (Å²) in [5.74, 6) is -0.194. The third-order valence-electron chi connectivity index (χ3n) is 1.78. The molecule has 0 aliphatic rings. The number of rotatable bonds is 5. The smallest absolute Gasteiger partial charge is 0.123 e. The normalized spacial score (nSPS) is 10.0. The van der Waals surface area contributed by atoms with Crippen molar-refractivity contribution < 1.29 is 4.39 Å². The first-order chi connectivity index (χ1) is 6.33. The van der Waals surface area contributed by atoms with E-state index in [0.29, 0.717) is 0 Å². The SMILES string of the molecule is CNCCCNc1ccc(F)cc1. The molecule has 0 atom stereocenters. The molecule has 0 aromatic heterocycles. The maximum Gasteiger partial charge on any atom is 0.123 e. The van der Waals surface area contributed by atoms with Crippen LogP contribution >= 0.6 is 0 Å². The maximum absolute atomic E-state index is 12.5. The number of halogens is 1. The molecule has 0 unspecified atom stereocenters. The Kier molecular flexibility index (Phi) is 4.26. The van der Waals surface area contributed by atoms with Crippen LogP contribution in [-0.2, 0) is 0 Å². The van der Waals surface area contributed by atoms with E-state index in [0.717, 1.165) is 25.2 Å². The molecular formula is C10H15FN2. The van der Waals surface area contributed by atoms with Gasteiger partial charge in [0.2, 0.25) is 0 Å². The second-order valence-corrected chi connectivity index (χ2v) is 2.89. The predicted molar refractivity (Wildman–Crippen MR) is 53.4 cm³/mol. The molecule has 1 aromatic rings. The third kappa shape index (κ3) is 3.90. The lowest BCUT2D eigenvalue weighted by Crippen LogP contribution is -2.12. The minimum absolute atomic E-state index is 0.194. The van der Waals surface area contributed by atoms with Crippen LogP contribution in [0.5, 0.6) is 0 Å². The number of hydrogen-bond acceptors (Lipinski definition) is 2. The second-order valence-electron chi connectivity index (χ2n) is 2.89. The monoisotopic (exact) mass is 182 g/mol. The average Bonchev–Trinajstić information content (AvgIpc) is 2.15. The van der Waals surface area contributed by atoms with Crippen LogP contribution < -0.4 is 10.6 Å². The van der Waals surface area contributed by atoms with Crippen LogP contribution in [0.25, 0.3) is 0 Å². The van der Waals surface area contributed by atoms with Gasteiger partial charge in [0.1, 0.15) is 5.82 Å². The van der Waals surface area contributed by atoms with E-state index in [1.54, 1.807) is 12.1 Å². The molecule has 0 bridgehead atoms. The number of nitrogens with one attached hydrogen (secondary N) is 2. The van der Waals surface area contributed by atoms with Crippen LogP contribution in [0.15, 0.2) is 24.3 Å². The number of hydrogen-bond donors (Lipinski definition) is 2. The Hall–Kier alpha value is -1.09. The Morgan fingerprint density at radius 2 is 1.85 bits per heavy atom. The summed E-state index contributed by atoms with van der Waals surface area (Å²) in [5, 5.41) is 6.26. The topological polar surface area (TPSA) is 24.1 Å². The van der Waals surface area contributed by atoms with E-state index in [2.05, 4.69) is 10.6 Å². The molecule has 3 heteroatoms. The van der Waals surface area contributed by atoms with Crippen LogP contribution in [0, 0.1) is 5.82 Å². The van der Waals surface area contributed by atoms with Gasteiger partial charge in [-0.05, 0) is 44.3 Å². The van der Waals surface area contributed by atoms with Crippen LogP contribution in [0.4, 0.5) is 10.1 Å². The molecular weight excluding hydrogens is 167 g/mol. The average molecular weight is 182 g/mol. The van der Waals surface area contributed by atoms with Gasteiger partial charge < -0.3 is 10.6 Å². The van der Waals surface area contributed by atoms with E-state index in [1.165, 1.54) is 12.1 Å². The zero-order valence-corrected chi connectivity index (χ0v) is 7.81. The fraction of sp³-hybridized carbons (Fsp3) is 0.400. The Balaban J connectivity index is 2.25. The van der Waals surface area contributed by atoms with Crippen molar-refractivity contribution in [2.24, 2.45) is 0 Å². The van der Waals surface area contributed by atoms with E-state index < -0.39 is 0 Å². The first-order valence-electron chi connectivity index (χ1n) is 4.47. The molecule has 0 spiro atoms. The van der Waals surface area contributed by atoms with Gasteiger partial charge in [-0.1, -0.05) is 0 Å². The molecule has 1 rings (SSSR count). The van der Waals surface area contributed by atoms with Crippen molar-refractivity contribution in [3.8, 4) is 0 Å². The molecule has 0 aliphatic carbocycles. The van der Waals surface area contributed by atoms with Gasteiger partial charge in [0.05, 0.1) is 0 Å². The molecule has 1 aromatic carbocycles. The maximum atomic E-state index is 12.5. The lowest BCUT2D eigenvalue weighted by Gasteiger charge is -2.05. The van der Waals surface area contributed by atoms with Gasteiger partial charge in [-0.3, -0.25) is 0 Å². The highest BCUT2D eigenvalue weighted by molar-refractivity contribution is 5.42. The standard InChI is InChI=1S/C10H15FN2/c1-12-7-2-8-13-10-5-3-9(11)4-6-10/h3-6,12-13H,2,7-8H2,1H3. The molecule has 13 heavy (non-hydrogen) atoms. The predicted octanol–water partition coefficient (Wildman–Crippen LogP) is 1.85. The van der Waals surface area contributed by atoms with E-state index in [9.17, 15) is 4.39 Å². The van der Waals surface area contributed by atoms with Gasteiger partial charge in [0.25, 0.3) is 0 Å². The highest BCUT2D eigenvalue weighted by Gasteiger charge is 1.91. The molecule has 72 valence electrons. The summed E-state index contributed by atoms with van der Waals surface area (Å²) in [6.45, 7) is 1.90. The van der Waals surface area contributed by atoms with Gasteiger partial charge >= 0.3 is 0 Å². The lowest BCUT2D eigenvalue weighted by atomic mass is 10.3. The van der Waals surface area contributed by atoms with Gasteiger partial charge in [0.15, 0.2) is 0 Å². The summed E-state index contributed by atoms with van der Waals surface area (Å²) < 4.78 is 12.5. The first-order valence-corrected chi connectivity index (χ1v) is 4.47. The summed E-state index contributed by atoms with van der Waals surface area (Å²) in [7, 11) is 1.93. The van der Waals surface area contributed by atoms with Crippen molar-refractivity contribution in [2.75, 3.05) is 25.5 Å². The molecule has 0 saturated heterocycles. The summed E-state index contributed by atoms with van der Waals surface area (Å²) >= 11 is 0. The summed E-state index contributed by atoms with van der Waals surface area (Å²) in [6.07, 6.45) is 1.06. The first kappa shape index (κ1) is 9.99. The second kappa shape index (κ2) is 5.54. The highest BCUT2D eigenvalue weighted by atomic mass is 19.1. The third-order valence-corrected chi connectivity index (χ3v) is 1.78. The Morgan fingerprint density at radius 3 is 2.46 bits per heavy atom. The fourth-order valence-corrected chi connectivity index (χ4v) is 1.07. The van der Waals surface area contributed by atoms with Crippen LogP contribution in [0.1, 0.15) is 6.42 Å². The molecule has 0 saturated carbocycles. The Morgan fingerprint density at radius 1 is 1.15 bits per heavy atom. The zero-order valence-electron chi connectivity index (χ0n) is 7.81. The molecule has 0 heterocycles. The molecule has 0 aliphatic heterocycles. The van der Waals surface area contributed by atoms with Crippen molar-refractivity contribution in [2.45, 2.75) is 6.42 Å². The number of benzene rings is 1. The molecule has 0 radical (unpaired) electrons. The quantitative estimate of drug-likeness (QED) is 0.679. The Labute approximate surface area is 78.2 Å². The van der Waals surface area contributed by atoms with E-state index in [4.69, 9.17) is 0 Å². The molecule has 2 nitrogen and oxygen atoms in total. The lowest BCUT2D eigenvalue weighted by molar-refractivity contribution is 0.628. The van der Waals surface area contributed by atoms with Gasteiger partial charge in [0, 0.05) is 12.2 Å². The summed E-state index contributed by atoms with van der Waals surface area (Å²) in [5.41, 5.74) is 0.970. The van der Waals surface area contributed by atoms with Gasteiger partial charge in [-0.25, -0.2) is 4.39 Å². The largest absolute Gasteiger partial charge is 0.385 e. The van der Waals surface area contributed by atoms with Gasteiger partial charge in [-0.2, -0.15) is 0 Å². The minimum Gasteiger partial charge on any atom is -0.385 e.